The van der Waals surface area contributed by atoms with Gasteiger partial charge in [-0.05, 0) is 12.1 Å². The molecule has 24 heavy (non-hydrogen) atoms. The minimum Gasteiger partial charge on any atom is -0.424 e. The second-order valence-electron chi connectivity index (χ2n) is 6.42. The Hall–Kier alpha value is -1.99. The van der Waals surface area contributed by atoms with Gasteiger partial charge in [0.15, 0.2) is 5.13 Å². The summed E-state index contributed by atoms with van der Waals surface area (Å²) in [6, 6.07) is 8.32. The van der Waals surface area contributed by atoms with Crippen molar-refractivity contribution in [2.24, 2.45) is 0 Å². The monoisotopic (exact) mass is 343 g/mol. The van der Waals surface area contributed by atoms with E-state index < -0.39 is 0 Å². The van der Waals surface area contributed by atoms with E-state index in [2.05, 4.69) is 52.0 Å². The first-order valence-corrected chi connectivity index (χ1v) is 9.16. The Morgan fingerprint density at radius 3 is 2.62 bits per heavy atom. The fourth-order valence-electron chi connectivity index (χ4n) is 2.85. The van der Waals surface area contributed by atoms with Gasteiger partial charge in [-0.1, -0.05) is 37.3 Å². The molecule has 0 spiro atoms. The zero-order valence-corrected chi connectivity index (χ0v) is 14.8. The molecule has 1 saturated heterocycles. The van der Waals surface area contributed by atoms with Crippen LogP contribution in [0.15, 0.2) is 28.7 Å². The lowest BCUT2D eigenvalue weighted by atomic mass is 10.2. The van der Waals surface area contributed by atoms with Crippen molar-refractivity contribution in [3.63, 3.8) is 0 Å². The fourth-order valence-corrected chi connectivity index (χ4v) is 3.86. The number of hydrogen-bond acceptors (Lipinski definition) is 7. The van der Waals surface area contributed by atoms with Crippen LogP contribution in [0, 0.1) is 0 Å². The van der Waals surface area contributed by atoms with Crippen molar-refractivity contribution in [2.75, 3.05) is 31.1 Å². The standard InChI is InChI=1S/C17H21N5OS/c1-12(2)16-20-19-15(23-16)11-21-7-9-22(10-8-21)17-18-13-5-3-4-6-14(13)24-17/h3-6,12H,7-11H2,1-2H3. The van der Waals surface area contributed by atoms with E-state index in [1.807, 2.05) is 6.07 Å². The van der Waals surface area contributed by atoms with Crippen molar-refractivity contribution < 1.29 is 4.42 Å². The van der Waals surface area contributed by atoms with Gasteiger partial charge in [-0.2, -0.15) is 0 Å². The molecule has 3 aromatic rings. The van der Waals surface area contributed by atoms with Gasteiger partial charge >= 0.3 is 0 Å². The first-order valence-electron chi connectivity index (χ1n) is 8.34. The summed E-state index contributed by atoms with van der Waals surface area (Å²) in [6.45, 7) is 8.77. The summed E-state index contributed by atoms with van der Waals surface area (Å²) in [6.07, 6.45) is 0. The zero-order chi connectivity index (χ0) is 16.5. The molecular formula is C17H21N5OS. The molecule has 1 aliphatic heterocycles. The highest BCUT2D eigenvalue weighted by molar-refractivity contribution is 7.22. The Morgan fingerprint density at radius 2 is 1.92 bits per heavy atom. The Kier molecular flexibility index (Phi) is 4.20. The summed E-state index contributed by atoms with van der Waals surface area (Å²) in [5, 5.41) is 9.38. The summed E-state index contributed by atoms with van der Waals surface area (Å²) in [4.78, 5) is 9.49. The van der Waals surface area contributed by atoms with Crippen LogP contribution < -0.4 is 4.90 Å². The number of fused-ring (bicyclic) bond motifs is 1. The Labute approximate surface area is 145 Å². The topological polar surface area (TPSA) is 58.3 Å². The second-order valence-corrected chi connectivity index (χ2v) is 7.43. The third kappa shape index (κ3) is 3.14. The molecule has 126 valence electrons. The van der Waals surface area contributed by atoms with Crippen LogP contribution in [0.4, 0.5) is 5.13 Å². The predicted octanol–water partition coefficient (Wildman–Crippen LogP) is 3.12. The molecule has 0 N–H and O–H groups in total. The van der Waals surface area contributed by atoms with Crippen LogP contribution in [0.5, 0.6) is 0 Å². The molecule has 0 aliphatic carbocycles. The smallest absolute Gasteiger partial charge is 0.230 e. The SMILES string of the molecule is CC(C)c1nnc(CN2CCN(c3nc4ccccc4s3)CC2)o1. The van der Waals surface area contributed by atoms with E-state index in [1.54, 1.807) is 11.3 Å². The molecule has 1 aliphatic rings. The normalized spacial score (nSPS) is 16.4. The van der Waals surface area contributed by atoms with E-state index in [-0.39, 0.29) is 5.92 Å². The summed E-state index contributed by atoms with van der Waals surface area (Å²) in [5.41, 5.74) is 1.09. The van der Waals surface area contributed by atoms with Gasteiger partial charge in [0.05, 0.1) is 16.8 Å². The van der Waals surface area contributed by atoms with Crippen LogP contribution in [0.25, 0.3) is 10.2 Å². The molecule has 0 atom stereocenters. The molecule has 3 heterocycles. The maximum Gasteiger partial charge on any atom is 0.230 e. The zero-order valence-electron chi connectivity index (χ0n) is 14.0. The maximum absolute atomic E-state index is 5.71. The minimum atomic E-state index is 0.280. The lowest BCUT2D eigenvalue weighted by Crippen LogP contribution is -2.46. The molecule has 0 unspecified atom stereocenters. The first kappa shape index (κ1) is 15.5. The van der Waals surface area contributed by atoms with Crippen LogP contribution in [-0.4, -0.2) is 46.3 Å². The van der Waals surface area contributed by atoms with Crippen molar-refractivity contribution in [3.8, 4) is 0 Å². The summed E-state index contributed by atoms with van der Waals surface area (Å²) in [5.74, 6) is 1.72. The third-order valence-corrected chi connectivity index (χ3v) is 5.36. The first-order chi connectivity index (χ1) is 11.7. The number of piperazine rings is 1. The maximum atomic E-state index is 5.71. The quantitative estimate of drug-likeness (QED) is 0.725. The van der Waals surface area contributed by atoms with Crippen LogP contribution >= 0.6 is 11.3 Å². The average Bonchev–Trinajstić information content (AvgIpc) is 3.22. The highest BCUT2D eigenvalue weighted by atomic mass is 32.1. The fraction of sp³-hybridized carbons (Fsp3) is 0.471. The molecule has 0 radical (unpaired) electrons. The molecule has 6 nitrogen and oxygen atoms in total. The van der Waals surface area contributed by atoms with Crippen molar-refractivity contribution in [2.45, 2.75) is 26.3 Å². The molecule has 2 aromatic heterocycles. The van der Waals surface area contributed by atoms with E-state index in [1.165, 1.54) is 4.70 Å². The van der Waals surface area contributed by atoms with Crippen molar-refractivity contribution in [3.05, 3.63) is 36.0 Å². The summed E-state index contributed by atoms with van der Waals surface area (Å²) >= 11 is 1.77. The number of rotatable bonds is 4. The van der Waals surface area contributed by atoms with E-state index in [0.29, 0.717) is 5.89 Å². The van der Waals surface area contributed by atoms with Gasteiger partial charge < -0.3 is 9.32 Å². The summed E-state index contributed by atoms with van der Waals surface area (Å²) < 4.78 is 6.96. The number of hydrogen-bond donors (Lipinski definition) is 0. The molecular weight excluding hydrogens is 322 g/mol. The lowest BCUT2D eigenvalue weighted by Gasteiger charge is -2.33. The molecule has 0 bridgehead atoms. The highest BCUT2D eigenvalue weighted by Gasteiger charge is 2.21. The number of aromatic nitrogens is 3. The summed E-state index contributed by atoms with van der Waals surface area (Å²) in [7, 11) is 0. The molecule has 1 fully saturated rings. The van der Waals surface area contributed by atoms with Gasteiger partial charge in [0.25, 0.3) is 0 Å². The minimum absolute atomic E-state index is 0.280. The highest BCUT2D eigenvalue weighted by Crippen LogP contribution is 2.29. The van der Waals surface area contributed by atoms with Crippen molar-refractivity contribution in [1.29, 1.82) is 0 Å². The molecule has 0 amide bonds. The van der Waals surface area contributed by atoms with Crippen molar-refractivity contribution in [1.82, 2.24) is 20.1 Å². The van der Waals surface area contributed by atoms with Crippen LogP contribution in [-0.2, 0) is 6.54 Å². The van der Waals surface area contributed by atoms with Gasteiger partial charge in [-0.25, -0.2) is 4.98 Å². The predicted molar refractivity (Wildman–Crippen MR) is 95.5 cm³/mol. The third-order valence-electron chi connectivity index (χ3n) is 4.26. The van der Waals surface area contributed by atoms with E-state index >= 15 is 0 Å². The number of thiazole rings is 1. The van der Waals surface area contributed by atoms with Gasteiger partial charge in [-0.3, -0.25) is 4.90 Å². The number of benzene rings is 1. The van der Waals surface area contributed by atoms with E-state index in [9.17, 15) is 0 Å². The molecule has 0 saturated carbocycles. The van der Waals surface area contributed by atoms with E-state index in [0.717, 1.165) is 49.3 Å². The van der Waals surface area contributed by atoms with Crippen LogP contribution in [0.2, 0.25) is 0 Å². The Bertz CT molecular complexity index is 786. The van der Waals surface area contributed by atoms with Gasteiger partial charge in [0.2, 0.25) is 11.8 Å². The number of anilines is 1. The molecule has 4 rings (SSSR count). The second kappa shape index (κ2) is 6.49. The van der Waals surface area contributed by atoms with Crippen molar-refractivity contribution >= 4 is 26.7 Å². The lowest BCUT2D eigenvalue weighted by molar-refractivity contribution is 0.223. The van der Waals surface area contributed by atoms with Gasteiger partial charge in [0.1, 0.15) is 0 Å². The average molecular weight is 343 g/mol. The number of nitrogens with zero attached hydrogens (tertiary/aromatic N) is 5. The molecule has 7 heteroatoms. The number of para-hydroxylation sites is 1. The van der Waals surface area contributed by atoms with Crippen LogP contribution in [0.3, 0.4) is 0 Å². The largest absolute Gasteiger partial charge is 0.424 e. The molecule has 1 aromatic carbocycles. The Balaban J connectivity index is 1.37. The van der Waals surface area contributed by atoms with E-state index in [4.69, 9.17) is 9.40 Å². The van der Waals surface area contributed by atoms with Crippen LogP contribution in [0.1, 0.15) is 31.5 Å². The van der Waals surface area contributed by atoms with Gasteiger partial charge in [-0.15, -0.1) is 10.2 Å². The Morgan fingerprint density at radius 1 is 1.12 bits per heavy atom. The van der Waals surface area contributed by atoms with Gasteiger partial charge in [0, 0.05) is 32.1 Å².